The predicted molar refractivity (Wildman–Crippen MR) is 96.8 cm³/mol. The molecule has 1 saturated carbocycles. The molecule has 6 nitrogen and oxygen atoms in total. The van der Waals surface area contributed by atoms with Crippen LogP contribution in [0, 0.1) is 11.8 Å². The normalized spacial score (nSPS) is 20.9. The van der Waals surface area contributed by atoms with E-state index in [0.717, 1.165) is 4.88 Å². The molecule has 1 aromatic heterocycles. The molecule has 0 spiro atoms. The minimum atomic E-state index is -0.896. The summed E-state index contributed by atoms with van der Waals surface area (Å²) in [4.78, 5) is 27.2. The minimum absolute atomic E-state index is 0.145. The van der Waals surface area contributed by atoms with Crippen molar-refractivity contribution in [1.82, 2.24) is 0 Å². The van der Waals surface area contributed by atoms with E-state index in [2.05, 4.69) is 0 Å². The van der Waals surface area contributed by atoms with Crippen LogP contribution in [0.15, 0.2) is 35.7 Å². The lowest BCUT2D eigenvalue weighted by Gasteiger charge is -2.36. The molecule has 2 aromatic rings. The molecule has 0 radical (unpaired) electrons. The summed E-state index contributed by atoms with van der Waals surface area (Å²) in [6, 6.07) is 9.34. The first kappa shape index (κ1) is 16.9. The Bertz CT molecular complexity index is 819. The summed E-state index contributed by atoms with van der Waals surface area (Å²) in [5.41, 5.74) is 0.698. The van der Waals surface area contributed by atoms with Crippen molar-refractivity contribution < 1.29 is 24.2 Å². The van der Waals surface area contributed by atoms with Crippen LogP contribution in [0.5, 0.6) is 11.5 Å². The van der Waals surface area contributed by atoms with Gasteiger partial charge in [0.1, 0.15) is 13.2 Å². The van der Waals surface area contributed by atoms with Gasteiger partial charge in [0.15, 0.2) is 11.5 Å². The largest absolute Gasteiger partial charge is 0.486 e. The minimum Gasteiger partial charge on any atom is -0.486 e. The second-order valence-electron chi connectivity index (χ2n) is 6.46. The lowest BCUT2D eigenvalue weighted by Crippen LogP contribution is -2.46. The number of ether oxygens (including phenoxy) is 2. The van der Waals surface area contributed by atoms with Gasteiger partial charge in [0, 0.05) is 16.6 Å². The summed E-state index contributed by atoms with van der Waals surface area (Å²) in [7, 11) is 0. The summed E-state index contributed by atoms with van der Waals surface area (Å²) in [6.07, 6.45) is 1.17. The number of anilines is 1. The van der Waals surface area contributed by atoms with Crippen molar-refractivity contribution >= 4 is 28.9 Å². The van der Waals surface area contributed by atoms with Gasteiger partial charge in [0.2, 0.25) is 5.91 Å². The Balaban J connectivity index is 1.64. The number of carboxylic acids is 1. The molecule has 1 amide bonds. The number of carboxylic acid groups (broad SMARTS) is 1. The van der Waals surface area contributed by atoms with Gasteiger partial charge in [-0.1, -0.05) is 6.07 Å². The van der Waals surface area contributed by atoms with Crippen molar-refractivity contribution in [1.29, 1.82) is 0 Å². The predicted octanol–water partition coefficient (Wildman–Crippen LogP) is 3.16. The highest BCUT2D eigenvalue weighted by Gasteiger charge is 2.43. The van der Waals surface area contributed by atoms with E-state index in [4.69, 9.17) is 9.47 Å². The molecule has 0 saturated heterocycles. The highest BCUT2D eigenvalue weighted by atomic mass is 32.1. The lowest BCUT2D eigenvalue weighted by molar-refractivity contribution is -0.152. The van der Waals surface area contributed by atoms with Crippen LogP contribution in [0.1, 0.15) is 17.7 Å². The molecule has 0 bridgehead atoms. The zero-order chi connectivity index (χ0) is 18.1. The summed E-state index contributed by atoms with van der Waals surface area (Å²) >= 11 is 1.57. The smallest absolute Gasteiger partial charge is 0.307 e. The van der Waals surface area contributed by atoms with Crippen LogP contribution in [0.2, 0.25) is 0 Å². The Morgan fingerprint density at radius 1 is 1.12 bits per heavy atom. The number of carbonyl (C=O) groups is 2. The number of carbonyl (C=O) groups excluding carboxylic acids is 1. The van der Waals surface area contributed by atoms with Gasteiger partial charge in [-0.05, 0) is 36.4 Å². The zero-order valence-electron chi connectivity index (χ0n) is 14.1. The van der Waals surface area contributed by atoms with E-state index in [0.29, 0.717) is 49.8 Å². The lowest BCUT2D eigenvalue weighted by atomic mass is 9.73. The van der Waals surface area contributed by atoms with Crippen LogP contribution < -0.4 is 14.4 Å². The fourth-order valence-electron chi connectivity index (χ4n) is 3.35. The molecule has 7 heteroatoms. The summed E-state index contributed by atoms with van der Waals surface area (Å²) in [5.74, 6) is -0.829. The van der Waals surface area contributed by atoms with E-state index in [1.165, 1.54) is 0 Å². The molecular formula is C19H19NO5S. The fourth-order valence-corrected chi connectivity index (χ4v) is 4.04. The van der Waals surface area contributed by atoms with Gasteiger partial charge in [-0.25, -0.2) is 0 Å². The number of fused-ring (bicyclic) bond motifs is 1. The summed E-state index contributed by atoms with van der Waals surface area (Å²) < 4.78 is 11.2. The first-order valence-corrected chi connectivity index (χ1v) is 9.47. The molecule has 2 unspecified atom stereocenters. The molecule has 1 aromatic carbocycles. The molecular weight excluding hydrogens is 354 g/mol. The van der Waals surface area contributed by atoms with Gasteiger partial charge in [-0.2, -0.15) is 0 Å². The summed E-state index contributed by atoms with van der Waals surface area (Å²) in [6.45, 7) is 1.39. The Kier molecular flexibility index (Phi) is 4.55. The van der Waals surface area contributed by atoms with Crippen molar-refractivity contribution in [3.05, 3.63) is 40.6 Å². The molecule has 136 valence electrons. The number of rotatable bonds is 5. The van der Waals surface area contributed by atoms with E-state index >= 15 is 0 Å². The first-order chi connectivity index (χ1) is 12.6. The Morgan fingerprint density at radius 3 is 2.54 bits per heavy atom. The van der Waals surface area contributed by atoms with Crippen molar-refractivity contribution in [2.45, 2.75) is 19.4 Å². The standard InChI is InChI=1S/C19H19NO5S/c21-18(14-4-5-15(14)19(22)23)20(11-13-2-1-9-26-13)12-3-6-16-17(10-12)25-8-7-24-16/h1-3,6,9-10,14-15H,4-5,7-8,11H2,(H,22,23). The van der Waals surface area contributed by atoms with Crippen LogP contribution in [-0.4, -0.2) is 30.2 Å². The maximum Gasteiger partial charge on any atom is 0.307 e. The van der Waals surface area contributed by atoms with Gasteiger partial charge < -0.3 is 19.5 Å². The van der Waals surface area contributed by atoms with Gasteiger partial charge >= 0.3 is 5.97 Å². The second-order valence-corrected chi connectivity index (χ2v) is 7.49. The first-order valence-electron chi connectivity index (χ1n) is 8.59. The second kappa shape index (κ2) is 6.99. The quantitative estimate of drug-likeness (QED) is 0.871. The molecule has 2 aliphatic rings. The molecule has 1 aliphatic carbocycles. The van der Waals surface area contributed by atoms with E-state index in [9.17, 15) is 14.7 Å². The number of nitrogens with zero attached hydrogens (tertiary/aromatic N) is 1. The maximum atomic E-state index is 13.1. The zero-order valence-corrected chi connectivity index (χ0v) is 14.9. The highest BCUT2D eigenvalue weighted by molar-refractivity contribution is 7.09. The monoisotopic (exact) mass is 373 g/mol. The Morgan fingerprint density at radius 2 is 1.88 bits per heavy atom. The van der Waals surface area contributed by atoms with Crippen LogP contribution in [0.4, 0.5) is 5.69 Å². The maximum absolute atomic E-state index is 13.1. The third-order valence-corrected chi connectivity index (χ3v) is 5.77. The molecule has 1 aliphatic heterocycles. The van der Waals surface area contributed by atoms with Crippen molar-refractivity contribution in [2.75, 3.05) is 18.1 Å². The number of hydrogen-bond donors (Lipinski definition) is 1. The van der Waals surface area contributed by atoms with Crippen molar-refractivity contribution in [2.24, 2.45) is 11.8 Å². The van der Waals surface area contributed by atoms with Crippen LogP contribution in [0.3, 0.4) is 0 Å². The van der Waals surface area contributed by atoms with Gasteiger partial charge in [0.05, 0.1) is 18.4 Å². The molecule has 2 atom stereocenters. The number of aliphatic carboxylic acids is 1. The van der Waals surface area contributed by atoms with Gasteiger partial charge in [0.25, 0.3) is 0 Å². The van der Waals surface area contributed by atoms with Crippen molar-refractivity contribution in [3.8, 4) is 11.5 Å². The van der Waals surface area contributed by atoms with E-state index in [1.807, 2.05) is 23.6 Å². The summed E-state index contributed by atoms with van der Waals surface area (Å²) in [5, 5.41) is 11.3. The van der Waals surface area contributed by atoms with Gasteiger partial charge in [-0.3, -0.25) is 9.59 Å². The topological polar surface area (TPSA) is 76.1 Å². The van der Waals surface area contributed by atoms with Crippen LogP contribution in [0.25, 0.3) is 0 Å². The van der Waals surface area contributed by atoms with Crippen LogP contribution in [-0.2, 0) is 16.1 Å². The molecule has 1 N–H and O–H groups in total. The van der Waals surface area contributed by atoms with Crippen LogP contribution >= 0.6 is 11.3 Å². The Labute approximate surface area is 155 Å². The third-order valence-electron chi connectivity index (χ3n) is 4.91. The highest BCUT2D eigenvalue weighted by Crippen LogP contribution is 2.39. The average molecular weight is 373 g/mol. The SMILES string of the molecule is O=C(O)C1CCC1C(=O)N(Cc1cccs1)c1ccc2c(c1)OCCO2. The average Bonchev–Trinajstić information content (AvgIpc) is 3.11. The van der Waals surface area contributed by atoms with Gasteiger partial charge in [-0.15, -0.1) is 11.3 Å². The number of benzene rings is 1. The molecule has 4 rings (SSSR count). The number of hydrogen-bond acceptors (Lipinski definition) is 5. The Hall–Kier alpha value is -2.54. The molecule has 26 heavy (non-hydrogen) atoms. The van der Waals surface area contributed by atoms with E-state index in [-0.39, 0.29) is 5.91 Å². The van der Waals surface area contributed by atoms with E-state index in [1.54, 1.807) is 28.4 Å². The molecule has 2 heterocycles. The van der Waals surface area contributed by atoms with E-state index < -0.39 is 17.8 Å². The molecule has 1 fully saturated rings. The third kappa shape index (κ3) is 3.14. The number of thiophene rings is 1. The fraction of sp³-hybridized carbons (Fsp3) is 0.368. The number of amides is 1. The van der Waals surface area contributed by atoms with Crippen molar-refractivity contribution in [3.63, 3.8) is 0 Å².